The molecule has 0 aromatic rings. The Labute approximate surface area is 115 Å². The molecule has 18 heavy (non-hydrogen) atoms. The summed E-state index contributed by atoms with van der Waals surface area (Å²) < 4.78 is 0. The molecular formula is C14H26N2OS. The number of fused-ring (bicyclic) bond motifs is 1. The third kappa shape index (κ3) is 3.21. The van der Waals surface area contributed by atoms with E-state index in [-0.39, 0.29) is 11.9 Å². The first-order chi connectivity index (χ1) is 8.59. The molecule has 0 spiro atoms. The lowest BCUT2D eigenvalue weighted by molar-refractivity contribution is -0.135. The van der Waals surface area contributed by atoms with E-state index in [9.17, 15) is 4.79 Å². The summed E-state index contributed by atoms with van der Waals surface area (Å²) in [6, 6.07) is 0.166. The summed E-state index contributed by atoms with van der Waals surface area (Å²) in [6.45, 7) is 5.15. The number of carbonyl (C=O) groups is 1. The van der Waals surface area contributed by atoms with Gasteiger partial charge in [0.25, 0.3) is 0 Å². The van der Waals surface area contributed by atoms with E-state index in [0.29, 0.717) is 17.2 Å². The van der Waals surface area contributed by atoms with E-state index >= 15 is 0 Å². The summed E-state index contributed by atoms with van der Waals surface area (Å²) in [7, 11) is 0. The summed E-state index contributed by atoms with van der Waals surface area (Å²) in [5.41, 5.74) is 6.07. The molecule has 4 heteroatoms. The van der Waals surface area contributed by atoms with Crippen LogP contribution in [0.15, 0.2) is 0 Å². The minimum absolute atomic E-state index is 0.195. The van der Waals surface area contributed by atoms with Gasteiger partial charge in [-0.05, 0) is 25.2 Å². The highest BCUT2D eigenvalue weighted by Crippen LogP contribution is 2.35. The van der Waals surface area contributed by atoms with E-state index in [1.807, 2.05) is 0 Å². The van der Waals surface area contributed by atoms with Crippen LogP contribution in [0.2, 0.25) is 0 Å². The van der Waals surface area contributed by atoms with Crippen molar-refractivity contribution < 1.29 is 4.79 Å². The molecule has 0 radical (unpaired) electrons. The second kappa shape index (κ2) is 6.29. The summed E-state index contributed by atoms with van der Waals surface area (Å²) in [5.74, 6) is 1.77. The molecule has 2 aliphatic rings. The lowest BCUT2D eigenvalue weighted by atomic mass is 9.92. The molecule has 104 valence electrons. The summed E-state index contributed by atoms with van der Waals surface area (Å²) in [5, 5.41) is 0.669. The molecule has 1 aliphatic heterocycles. The van der Waals surface area contributed by atoms with Crippen molar-refractivity contribution in [3.63, 3.8) is 0 Å². The number of nitrogens with two attached hydrogens (primary N) is 1. The van der Waals surface area contributed by atoms with Gasteiger partial charge in [0.05, 0.1) is 6.04 Å². The fraction of sp³-hybridized carbons (Fsp3) is 0.929. The van der Waals surface area contributed by atoms with Crippen LogP contribution in [0.3, 0.4) is 0 Å². The highest BCUT2D eigenvalue weighted by molar-refractivity contribution is 8.00. The van der Waals surface area contributed by atoms with Gasteiger partial charge in [-0.2, -0.15) is 11.8 Å². The molecule has 0 aromatic heterocycles. The second-order valence-corrected chi connectivity index (χ2v) is 7.38. The Morgan fingerprint density at radius 3 is 2.83 bits per heavy atom. The molecule has 1 amide bonds. The van der Waals surface area contributed by atoms with Gasteiger partial charge in [-0.15, -0.1) is 0 Å². The van der Waals surface area contributed by atoms with Crippen LogP contribution in [-0.2, 0) is 4.79 Å². The average molecular weight is 270 g/mol. The first kappa shape index (κ1) is 14.2. The van der Waals surface area contributed by atoms with E-state index in [4.69, 9.17) is 5.73 Å². The fourth-order valence-corrected chi connectivity index (χ4v) is 4.64. The number of thioether (sulfide) groups is 1. The van der Waals surface area contributed by atoms with E-state index in [0.717, 1.165) is 18.7 Å². The zero-order valence-corrected chi connectivity index (χ0v) is 12.4. The largest absolute Gasteiger partial charge is 0.336 e. The zero-order chi connectivity index (χ0) is 13.1. The van der Waals surface area contributed by atoms with Gasteiger partial charge in [0, 0.05) is 23.6 Å². The fourth-order valence-electron chi connectivity index (χ4n) is 3.19. The van der Waals surface area contributed by atoms with Gasteiger partial charge in [0.1, 0.15) is 0 Å². The lowest BCUT2D eigenvalue weighted by Crippen LogP contribution is -2.56. The Balaban J connectivity index is 1.99. The molecule has 3 atom stereocenters. The number of rotatable bonds is 3. The molecule has 3 nitrogen and oxygen atoms in total. The second-order valence-electron chi connectivity index (χ2n) is 6.03. The highest BCUT2D eigenvalue weighted by Gasteiger charge is 2.37. The topological polar surface area (TPSA) is 46.3 Å². The zero-order valence-electron chi connectivity index (χ0n) is 11.6. The molecule has 1 saturated carbocycles. The molecule has 1 aliphatic carbocycles. The van der Waals surface area contributed by atoms with Crippen molar-refractivity contribution in [1.82, 2.24) is 4.90 Å². The van der Waals surface area contributed by atoms with Gasteiger partial charge >= 0.3 is 0 Å². The van der Waals surface area contributed by atoms with Gasteiger partial charge in [-0.1, -0.05) is 26.7 Å². The first-order valence-corrected chi connectivity index (χ1v) is 8.32. The van der Waals surface area contributed by atoms with Crippen LogP contribution in [0.4, 0.5) is 0 Å². The van der Waals surface area contributed by atoms with Crippen LogP contribution in [0, 0.1) is 5.92 Å². The Kier molecular flexibility index (Phi) is 4.96. The first-order valence-electron chi connectivity index (χ1n) is 7.27. The van der Waals surface area contributed by atoms with E-state index < -0.39 is 0 Å². The molecule has 2 rings (SSSR count). The summed E-state index contributed by atoms with van der Waals surface area (Å²) in [4.78, 5) is 14.6. The van der Waals surface area contributed by atoms with Crippen molar-refractivity contribution >= 4 is 17.7 Å². The molecule has 1 heterocycles. The predicted molar refractivity (Wildman–Crippen MR) is 77.6 cm³/mol. The smallest absolute Gasteiger partial charge is 0.239 e. The Morgan fingerprint density at radius 2 is 2.11 bits per heavy atom. The van der Waals surface area contributed by atoms with Crippen molar-refractivity contribution in [3.8, 4) is 0 Å². The molecule has 0 bridgehead atoms. The molecule has 0 aromatic carbocycles. The Bertz CT molecular complexity index is 294. The molecular weight excluding hydrogens is 244 g/mol. The SMILES string of the molecule is CC(C)C[C@H](N)C(=O)N1CCSC2CCCCC21. The molecule has 2 unspecified atom stereocenters. The highest BCUT2D eigenvalue weighted by atomic mass is 32.2. The van der Waals surface area contributed by atoms with Crippen molar-refractivity contribution in [2.75, 3.05) is 12.3 Å². The van der Waals surface area contributed by atoms with Crippen molar-refractivity contribution in [1.29, 1.82) is 0 Å². The normalized spacial score (nSPS) is 30.1. The van der Waals surface area contributed by atoms with Crippen LogP contribution in [0.1, 0.15) is 46.0 Å². The van der Waals surface area contributed by atoms with E-state index in [1.54, 1.807) is 0 Å². The Hall–Kier alpha value is -0.220. The third-order valence-electron chi connectivity index (χ3n) is 4.06. The quantitative estimate of drug-likeness (QED) is 0.855. The number of amides is 1. The molecule has 1 saturated heterocycles. The minimum atomic E-state index is -0.296. The standard InChI is InChI=1S/C14H26N2OS/c1-10(2)9-11(15)14(17)16-7-8-18-13-6-4-3-5-12(13)16/h10-13H,3-9,15H2,1-2H3/t11-,12?,13?/m0/s1. The molecule has 2 fully saturated rings. The summed E-state index contributed by atoms with van der Waals surface area (Å²) >= 11 is 2.06. The van der Waals surface area contributed by atoms with Crippen LogP contribution in [-0.4, -0.2) is 40.4 Å². The number of hydrogen-bond acceptors (Lipinski definition) is 3. The maximum Gasteiger partial charge on any atom is 0.239 e. The maximum atomic E-state index is 12.5. The van der Waals surface area contributed by atoms with Crippen molar-refractivity contribution in [2.45, 2.75) is 63.3 Å². The van der Waals surface area contributed by atoms with Gasteiger partial charge in [0.2, 0.25) is 5.91 Å². The number of hydrogen-bond donors (Lipinski definition) is 1. The van der Waals surface area contributed by atoms with Crippen LogP contribution < -0.4 is 5.73 Å². The van der Waals surface area contributed by atoms with E-state index in [1.165, 1.54) is 25.7 Å². The Morgan fingerprint density at radius 1 is 1.39 bits per heavy atom. The van der Waals surface area contributed by atoms with Gasteiger partial charge in [0.15, 0.2) is 0 Å². The van der Waals surface area contributed by atoms with Gasteiger partial charge < -0.3 is 10.6 Å². The van der Waals surface area contributed by atoms with Crippen LogP contribution in [0.25, 0.3) is 0 Å². The monoisotopic (exact) mass is 270 g/mol. The van der Waals surface area contributed by atoms with E-state index in [2.05, 4.69) is 30.5 Å². The minimum Gasteiger partial charge on any atom is -0.336 e. The van der Waals surface area contributed by atoms with Gasteiger partial charge in [-0.3, -0.25) is 4.79 Å². The van der Waals surface area contributed by atoms with Crippen molar-refractivity contribution in [2.24, 2.45) is 11.7 Å². The predicted octanol–water partition coefficient (Wildman–Crippen LogP) is 2.25. The van der Waals surface area contributed by atoms with Crippen LogP contribution >= 0.6 is 11.8 Å². The molecule has 2 N–H and O–H groups in total. The number of carbonyl (C=O) groups excluding carboxylic acids is 1. The third-order valence-corrected chi connectivity index (χ3v) is 5.45. The maximum absolute atomic E-state index is 12.5. The lowest BCUT2D eigenvalue weighted by Gasteiger charge is -2.44. The summed E-state index contributed by atoms with van der Waals surface area (Å²) in [6.07, 6.45) is 5.86. The average Bonchev–Trinajstić information content (AvgIpc) is 2.36. The van der Waals surface area contributed by atoms with Gasteiger partial charge in [-0.25, -0.2) is 0 Å². The van der Waals surface area contributed by atoms with Crippen molar-refractivity contribution in [3.05, 3.63) is 0 Å². The van der Waals surface area contributed by atoms with Crippen LogP contribution in [0.5, 0.6) is 0 Å². The number of nitrogens with zero attached hydrogens (tertiary/aromatic N) is 1.